The van der Waals surface area contributed by atoms with E-state index in [1.54, 1.807) is 0 Å². The third kappa shape index (κ3) is 6.01. The van der Waals surface area contributed by atoms with Crippen LogP contribution in [-0.2, 0) is 0 Å². The molecule has 3 heteroatoms. The van der Waals surface area contributed by atoms with Gasteiger partial charge in [-0.05, 0) is 118 Å². The molecule has 2 heterocycles. The molecule has 1 unspecified atom stereocenters. The summed E-state index contributed by atoms with van der Waals surface area (Å²) >= 11 is 0. The average molecular weight is 732 g/mol. The molecule has 0 aliphatic heterocycles. The Kier molecular flexibility index (Phi) is 7.96. The molecule has 57 heavy (non-hydrogen) atoms. The van der Waals surface area contributed by atoms with Gasteiger partial charge in [-0.3, -0.25) is 0 Å². The van der Waals surface area contributed by atoms with Crippen molar-refractivity contribution in [2.24, 2.45) is 0 Å². The number of anilines is 3. The van der Waals surface area contributed by atoms with Gasteiger partial charge in [0.05, 0.1) is 0 Å². The highest BCUT2D eigenvalue weighted by molar-refractivity contribution is 6.07. The monoisotopic (exact) mass is 731 g/mol. The van der Waals surface area contributed by atoms with E-state index in [4.69, 9.17) is 8.83 Å². The second kappa shape index (κ2) is 13.7. The van der Waals surface area contributed by atoms with Gasteiger partial charge in [-0.1, -0.05) is 133 Å². The quantitative estimate of drug-likeness (QED) is 0.163. The summed E-state index contributed by atoms with van der Waals surface area (Å²) < 4.78 is 12.5. The topological polar surface area (TPSA) is 29.5 Å². The number of fused-ring (bicyclic) bond motifs is 6. The average Bonchev–Trinajstić information content (AvgIpc) is 3.85. The van der Waals surface area contributed by atoms with Gasteiger partial charge in [-0.25, -0.2) is 0 Å². The summed E-state index contributed by atoms with van der Waals surface area (Å²) in [6.07, 6.45) is 7.95. The Labute approximate surface area is 331 Å². The second-order valence-electron chi connectivity index (χ2n) is 14.9. The van der Waals surface area contributed by atoms with E-state index in [2.05, 4.69) is 187 Å². The molecule has 1 aliphatic carbocycles. The van der Waals surface area contributed by atoms with Gasteiger partial charge in [0.15, 0.2) is 0 Å². The molecule has 0 amide bonds. The minimum absolute atomic E-state index is 0.340. The van der Waals surface area contributed by atoms with Crippen LogP contribution in [0, 0.1) is 0 Å². The van der Waals surface area contributed by atoms with E-state index in [0.717, 1.165) is 89.6 Å². The van der Waals surface area contributed by atoms with E-state index in [1.807, 2.05) is 24.3 Å². The summed E-state index contributed by atoms with van der Waals surface area (Å²) in [6, 6.07) is 66.9. The lowest BCUT2D eigenvalue weighted by molar-refractivity contribution is 0.668. The molecule has 0 saturated heterocycles. The first-order valence-electron chi connectivity index (χ1n) is 19.6. The van der Waals surface area contributed by atoms with Crippen molar-refractivity contribution in [3.8, 4) is 22.3 Å². The fourth-order valence-electron chi connectivity index (χ4n) is 8.45. The zero-order chi connectivity index (χ0) is 37.7. The predicted molar refractivity (Wildman–Crippen MR) is 237 cm³/mol. The third-order valence-electron chi connectivity index (χ3n) is 11.5. The maximum absolute atomic E-state index is 6.23. The number of hydrogen-bond acceptors (Lipinski definition) is 3. The standard InChI is InChI=1S/C54H37NO2/c1-2-8-36(9-3-1)37-14-16-38(17-15-37)39-18-26-44(27-19-39)55(45-28-20-40(21-29-45)42-24-32-49-47-10-4-6-12-51(47)56-53(49)34-42)46-30-22-41(23-31-46)43-25-33-50-48-11-5-7-13-52(48)57-54(50)35-43/h1-16,18-35,38H,17H2. The number of rotatable bonds is 7. The maximum atomic E-state index is 6.23. The van der Waals surface area contributed by atoms with E-state index < -0.39 is 0 Å². The molecule has 8 aromatic carbocycles. The van der Waals surface area contributed by atoms with E-state index in [-0.39, 0.29) is 0 Å². The molecular formula is C54H37NO2. The Balaban J connectivity index is 0.923. The Morgan fingerprint density at radius 2 is 0.842 bits per heavy atom. The molecule has 2 aromatic heterocycles. The lowest BCUT2D eigenvalue weighted by Crippen LogP contribution is -2.10. The Morgan fingerprint density at radius 1 is 0.386 bits per heavy atom. The van der Waals surface area contributed by atoms with E-state index in [9.17, 15) is 0 Å². The highest BCUT2D eigenvalue weighted by atomic mass is 16.3. The van der Waals surface area contributed by atoms with E-state index >= 15 is 0 Å². The van der Waals surface area contributed by atoms with Gasteiger partial charge in [-0.15, -0.1) is 0 Å². The lowest BCUT2D eigenvalue weighted by Gasteiger charge is -2.26. The lowest BCUT2D eigenvalue weighted by atomic mass is 9.88. The van der Waals surface area contributed by atoms with Gasteiger partial charge in [0, 0.05) is 44.5 Å². The summed E-state index contributed by atoms with van der Waals surface area (Å²) in [5.74, 6) is 0.340. The van der Waals surface area contributed by atoms with Crippen LogP contribution < -0.4 is 4.90 Å². The first-order valence-corrected chi connectivity index (χ1v) is 19.6. The van der Waals surface area contributed by atoms with Gasteiger partial charge in [0.1, 0.15) is 22.3 Å². The van der Waals surface area contributed by atoms with Gasteiger partial charge >= 0.3 is 0 Å². The zero-order valence-corrected chi connectivity index (χ0v) is 31.2. The van der Waals surface area contributed by atoms with Crippen LogP contribution >= 0.6 is 0 Å². The predicted octanol–water partition coefficient (Wildman–Crippen LogP) is 15.4. The number of allylic oxidation sites excluding steroid dienone is 4. The fourth-order valence-corrected chi connectivity index (χ4v) is 8.45. The van der Waals surface area contributed by atoms with Crippen molar-refractivity contribution in [2.75, 3.05) is 4.90 Å². The third-order valence-corrected chi connectivity index (χ3v) is 11.5. The molecular weight excluding hydrogens is 695 g/mol. The molecule has 0 saturated carbocycles. The maximum Gasteiger partial charge on any atom is 0.136 e. The van der Waals surface area contributed by atoms with Crippen molar-refractivity contribution in [3.63, 3.8) is 0 Å². The molecule has 1 aliphatic rings. The molecule has 0 radical (unpaired) electrons. The van der Waals surface area contributed by atoms with Crippen LogP contribution in [0.1, 0.15) is 23.5 Å². The first-order chi connectivity index (χ1) is 28.2. The van der Waals surface area contributed by atoms with Crippen LogP contribution in [0.3, 0.4) is 0 Å². The summed E-state index contributed by atoms with van der Waals surface area (Å²) in [5, 5.41) is 4.56. The highest BCUT2D eigenvalue weighted by Crippen LogP contribution is 2.40. The van der Waals surface area contributed by atoms with Gasteiger partial charge in [0.2, 0.25) is 0 Å². The van der Waals surface area contributed by atoms with Crippen molar-refractivity contribution < 1.29 is 8.83 Å². The Hall–Kier alpha value is -7.36. The number of nitrogens with zero attached hydrogens (tertiary/aromatic N) is 1. The van der Waals surface area contributed by atoms with Gasteiger partial charge in [0.25, 0.3) is 0 Å². The Morgan fingerprint density at radius 3 is 1.35 bits per heavy atom. The van der Waals surface area contributed by atoms with Crippen molar-refractivity contribution in [2.45, 2.75) is 12.3 Å². The molecule has 0 bridgehead atoms. The number of para-hydroxylation sites is 2. The van der Waals surface area contributed by atoms with Crippen molar-refractivity contribution in [1.29, 1.82) is 0 Å². The van der Waals surface area contributed by atoms with Crippen molar-refractivity contribution >= 4 is 66.5 Å². The molecule has 0 N–H and O–H groups in total. The van der Waals surface area contributed by atoms with E-state index in [0.29, 0.717) is 5.92 Å². The van der Waals surface area contributed by atoms with Crippen molar-refractivity contribution in [3.05, 3.63) is 217 Å². The molecule has 1 atom stereocenters. The van der Waals surface area contributed by atoms with Crippen molar-refractivity contribution in [1.82, 2.24) is 0 Å². The Bertz CT molecular complexity index is 2970. The van der Waals surface area contributed by atoms with Gasteiger partial charge < -0.3 is 13.7 Å². The molecule has 10 aromatic rings. The minimum atomic E-state index is 0.340. The normalized spacial score (nSPS) is 14.1. The number of hydrogen-bond donors (Lipinski definition) is 0. The summed E-state index contributed by atoms with van der Waals surface area (Å²) in [6.45, 7) is 0. The molecule has 0 spiro atoms. The second-order valence-corrected chi connectivity index (χ2v) is 14.9. The van der Waals surface area contributed by atoms with Crippen LogP contribution in [-0.4, -0.2) is 0 Å². The SMILES string of the molecule is C1=CC(c2ccc(N(c3ccc(-c4ccc5c(c4)oc4ccccc45)cc3)c3ccc(-c4ccc5c(c4)oc4ccccc45)cc3)cc2)CC=C1c1ccccc1. The van der Waals surface area contributed by atoms with Crippen LogP contribution in [0.15, 0.2) is 215 Å². The molecule has 3 nitrogen and oxygen atoms in total. The van der Waals surface area contributed by atoms with Crippen LogP contribution in [0.4, 0.5) is 17.1 Å². The van der Waals surface area contributed by atoms with Crippen LogP contribution in [0.2, 0.25) is 0 Å². The first kappa shape index (κ1) is 33.0. The summed E-state index contributed by atoms with van der Waals surface area (Å²) in [7, 11) is 0. The molecule has 0 fully saturated rings. The summed E-state index contributed by atoms with van der Waals surface area (Å²) in [4.78, 5) is 2.34. The highest BCUT2D eigenvalue weighted by Gasteiger charge is 2.17. The van der Waals surface area contributed by atoms with E-state index in [1.165, 1.54) is 16.7 Å². The summed E-state index contributed by atoms with van der Waals surface area (Å²) in [5.41, 5.74) is 15.3. The number of benzene rings is 8. The van der Waals surface area contributed by atoms with Crippen LogP contribution in [0.5, 0.6) is 0 Å². The minimum Gasteiger partial charge on any atom is -0.456 e. The van der Waals surface area contributed by atoms with Gasteiger partial charge in [-0.2, -0.15) is 0 Å². The van der Waals surface area contributed by atoms with Crippen LogP contribution in [0.25, 0.3) is 71.7 Å². The fraction of sp³-hybridized carbons (Fsp3) is 0.0370. The largest absolute Gasteiger partial charge is 0.456 e. The molecule has 11 rings (SSSR count). The molecule has 270 valence electrons. The smallest absolute Gasteiger partial charge is 0.136 e. The number of furan rings is 2. The zero-order valence-electron chi connectivity index (χ0n) is 31.2.